The Hall–Kier alpha value is -0.980. The van der Waals surface area contributed by atoms with Crippen LogP contribution in [0, 0.1) is 5.92 Å². The predicted octanol–water partition coefficient (Wildman–Crippen LogP) is -0.354. The van der Waals surface area contributed by atoms with Crippen LogP contribution in [-0.4, -0.2) is 49.1 Å². The molecule has 2 bridgehead atoms. The fourth-order valence-electron chi connectivity index (χ4n) is 2.84. The molecule has 3 rings (SSSR count). The predicted molar refractivity (Wildman–Crippen MR) is 53.0 cm³/mol. The van der Waals surface area contributed by atoms with Gasteiger partial charge in [-0.15, -0.1) is 0 Å². The number of carbonyl (C=O) groups excluding carboxylic acids is 2. The molecule has 0 aliphatic carbocycles. The number of Topliss-reactive ketones (excluding diaryl/α,β-unsaturated/α-hetero) is 1. The minimum Gasteiger partial charge on any atom is -0.468 e. The first kappa shape index (κ1) is 11.1. The largest absolute Gasteiger partial charge is 0.468 e. The minimum atomic E-state index is -0.872. The van der Waals surface area contributed by atoms with E-state index in [1.807, 2.05) is 0 Å². The fraction of sp³-hybridized carbons (Fsp3) is 0.818. The van der Waals surface area contributed by atoms with Gasteiger partial charge in [-0.3, -0.25) is 9.59 Å². The molecule has 0 aromatic carbocycles. The topological polar surface area (TPSA) is 71.1 Å². The summed E-state index contributed by atoms with van der Waals surface area (Å²) in [5.74, 6) is -2.43. The SMILES string of the molecule is COC(=O)C1C(=O)C2OC1C1OC(C)(C)OC21. The Kier molecular flexibility index (Phi) is 2.14. The van der Waals surface area contributed by atoms with Crippen LogP contribution in [0.1, 0.15) is 13.8 Å². The number of rotatable bonds is 1. The van der Waals surface area contributed by atoms with Crippen LogP contribution in [0.4, 0.5) is 0 Å². The lowest BCUT2D eigenvalue weighted by Crippen LogP contribution is -2.48. The maximum atomic E-state index is 12.0. The summed E-state index contributed by atoms with van der Waals surface area (Å²) >= 11 is 0. The van der Waals surface area contributed by atoms with Gasteiger partial charge < -0.3 is 18.9 Å². The van der Waals surface area contributed by atoms with Crippen LogP contribution in [0.5, 0.6) is 0 Å². The lowest BCUT2D eigenvalue weighted by atomic mass is 9.84. The van der Waals surface area contributed by atoms with Gasteiger partial charge in [0.25, 0.3) is 0 Å². The molecule has 0 aromatic heterocycles. The third-order valence-corrected chi connectivity index (χ3v) is 3.46. The summed E-state index contributed by atoms with van der Waals surface area (Å²) in [7, 11) is 1.26. The minimum absolute atomic E-state index is 0.260. The zero-order chi connectivity index (χ0) is 12.4. The second kappa shape index (κ2) is 3.28. The van der Waals surface area contributed by atoms with Crippen molar-refractivity contribution in [3.05, 3.63) is 0 Å². The fourth-order valence-corrected chi connectivity index (χ4v) is 2.84. The van der Waals surface area contributed by atoms with Gasteiger partial charge in [0, 0.05) is 0 Å². The second-order valence-electron chi connectivity index (χ2n) is 4.99. The molecule has 6 heteroatoms. The first-order valence-electron chi connectivity index (χ1n) is 5.57. The first-order valence-corrected chi connectivity index (χ1v) is 5.57. The highest BCUT2D eigenvalue weighted by Crippen LogP contribution is 2.46. The van der Waals surface area contributed by atoms with Crippen molar-refractivity contribution in [3.63, 3.8) is 0 Å². The average molecular weight is 242 g/mol. The Morgan fingerprint density at radius 3 is 2.53 bits per heavy atom. The average Bonchev–Trinajstić information content (AvgIpc) is 2.83. The number of hydrogen-bond acceptors (Lipinski definition) is 6. The molecule has 3 heterocycles. The lowest BCUT2D eigenvalue weighted by Gasteiger charge is -2.22. The molecule has 0 radical (unpaired) electrons. The van der Waals surface area contributed by atoms with E-state index in [2.05, 4.69) is 4.74 Å². The number of methoxy groups -OCH3 is 1. The lowest BCUT2D eigenvalue weighted by molar-refractivity contribution is -0.180. The Morgan fingerprint density at radius 2 is 1.88 bits per heavy atom. The number of carbonyl (C=O) groups is 2. The van der Waals surface area contributed by atoms with Crippen LogP contribution in [0.3, 0.4) is 0 Å². The zero-order valence-corrected chi connectivity index (χ0v) is 9.84. The van der Waals surface area contributed by atoms with Crippen LogP contribution in [0.15, 0.2) is 0 Å². The molecule has 0 spiro atoms. The monoisotopic (exact) mass is 242 g/mol. The number of hydrogen-bond donors (Lipinski definition) is 0. The maximum Gasteiger partial charge on any atom is 0.319 e. The Bertz CT molecular complexity index is 389. The van der Waals surface area contributed by atoms with Crippen molar-refractivity contribution in [1.29, 1.82) is 0 Å². The van der Waals surface area contributed by atoms with Crippen molar-refractivity contribution in [2.24, 2.45) is 5.92 Å². The molecule has 0 amide bonds. The van der Waals surface area contributed by atoms with Gasteiger partial charge in [0.05, 0.1) is 7.11 Å². The van der Waals surface area contributed by atoms with E-state index in [1.165, 1.54) is 7.11 Å². The number of ether oxygens (including phenoxy) is 4. The van der Waals surface area contributed by atoms with Crippen LogP contribution in [0.2, 0.25) is 0 Å². The van der Waals surface area contributed by atoms with Crippen LogP contribution < -0.4 is 0 Å². The summed E-state index contributed by atoms with van der Waals surface area (Å²) in [5.41, 5.74) is 0. The second-order valence-corrected chi connectivity index (χ2v) is 4.99. The van der Waals surface area contributed by atoms with E-state index in [4.69, 9.17) is 14.2 Å². The highest BCUT2D eigenvalue weighted by Gasteiger charge is 2.67. The standard InChI is InChI=1S/C11H14O6/c1-11(2)16-8-6-4(10(13)14-3)5(12)7(15-6)9(8)17-11/h4,6-9H,1-3H3. The third kappa shape index (κ3) is 1.38. The molecule has 6 nitrogen and oxygen atoms in total. The van der Waals surface area contributed by atoms with Crippen molar-refractivity contribution >= 4 is 11.8 Å². The van der Waals surface area contributed by atoms with E-state index < -0.39 is 36.0 Å². The molecule has 3 fully saturated rings. The molecule has 0 N–H and O–H groups in total. The molecule has 0 saturated carbocycles. The number of fused-ring (bicyclic) bond motifs is 5. The molecule has 3 aliphatic rings. The van der Waals surface area contributed by atoms with Gasteiger partial charge in [-0.1, -0.05) is 0 Å². The van der Waals surface area contributed by atoms with Crippen molar-refractivity contribution in [1.82, 2.24) is 0 Å². The van der Waals surface area contributed by atoms with Gasteiger partial charge in [-0.05, 0) is 13.8 Å². The van der Waals surface area contributed by atoms with E-state index in [9.17, 15) is 9.59 Å². The van der Waals surface area contributed by atoms with Gasteiger partial charge in [0.1, 0.15) is 30.3 Å². The highest BCUT2D eigenvalue weighted by atomic mass is 16.8. The van der Waals surface area contributed by atoms with Crippen LogP contribution >= 0.6 is 0 Å². The van der Waals surface area contributed by atoms with Crippen molar-refractivity contribution in [3.8, 4) is 0 Å². The molecule has 0 aromatic rings. The normalized spacial score (nSPS) is 46.1. The zero-order valence-electron chi connectivity index (χ0n) is 9.84. The highest BCUT2D eigenvalue weighted by molar-refractivity contribution is 6.04. The van der Waals surface area contributed by atoms with Crippen LogP contribution in [-0.2, 0) is 28.5 Å². The van der Waals surface area contributed by atoms with E-state index >= 15 is 0 Å². The Balaban J connectivity index is 1.89. The quantitative estimate of drug-likeness (QED) is 0.462. The van der Waals surface area contributed by atoms with E-state index in [1.54, 1.807) is 13.8 Å². The molecular formula is C11H14O6. The smallest absolute Gasteiger partial charge is 0.319 e. The van der Waals surface area contributed by atoms with Crippen LogP contribution in [0.25, 0.3) is 0 Å². The summed E-state index contributed by atoms with van der Waals surface area (Å²) in [6.07, 6.45) is -2.04. The Morgan fingerprint density at radius 1 is 1.24 bits per heavy atom. The number of ketones is 1. The summed E-state index contributed by atoms with van der Waals surface area (Å²) in [6.45, 7) is 3.56. The van der Waals surface area contributed by atoms with E-state index in [0.717, 1.165) is 0 Å². The van der Waals surface area contributed by atoms with Gasteiger partial charge >= 0.3 is 5.97 Å². The summed E-state index contributed by atoms with van der Waals surface area (Å²) in [5, 5.41) is 0. The third-order valence-electron chi connectivity index (χ3n) is 3.46. The summed E-state index contributed by atoms with van der Waals surface area (Å²) < 4.78 is 21.4. The maximum absolute atomic E-state index is 12.0. The van der Waals surface area contributed by atoms with Gasteiger partial charge in [-0.2, -0.15) is 0 Å². The van der Waals surface area contributed by atoms with Crippen molar-refractivity contribution in [2.75, 3.05) is 7.11 Å². The summed E-state index contributed by atoms with van der Waals surface area (Å²) in [4.78, 5) is 23.5. The van der Waals surface area contributed by atoms with Gasteiger partial charge in [-0.25, -0.2) is 0 Å². The van der Waals surface area contributed by atoms with Crippen molar-refractivity contribution in [2.45, 2.75) is 44.1 Å². The molecule has 3 aliphatic heterocycles. The molecule has 17 heavy (non-hydrogen) atoms. The van der Waals surface area contributed by atoms with Gasteiger partial charge in [0.2, 0.25) is 0 Å². The molecule has 3 saturated heterocycles. The number of esters is 1. The molecule has 5 atom stereocenters. The van der Waals surface area contributed by atoms with E-state index in [-0.39, 0.29) is 11.9 Å². The Labute approximate surface area is 98.1 Å². The summed E-state index contributed by atoms with van der Waals surface area (Å²) in [6, 6.07) is 0. The van der Waals surface area contributed by atoms with Gasteiger partial charge in [0.15, 0.2) is 11.6 Å². The molecule has 94 valence electrons. The van der Waals surface area contributed by atoms with Crippen molar-refractivity contribution < 1.29 is 28.5 Å². The first-order chi connectivity index (χ1) is 7.94. The van der Waals surface area contributed by atoms with E-state index in [0.29, 0.717) is 0 Å². The molecular weight excluding hydrogens is 228 g/mol. The molecule has 5 unspecified atom stereocenters.